The molecule has 3 heteroatoms. The summed E-state index contributed by atoms with van der Waals surface area (Å²) < 4.78 is 8.62. The maximum absolute atomic E-state index is 6.37. The van der Waals surface area contributed by atoms with E-state index < -0.39 is 0 Å². The number of rotatable bonds is 1. The molecule has 3 aromatic carbocycles. The molecule has 3 nitrogen and oxygen atoms in total. The Morgan fingerprint density at radius 1 is 0.793 bits per heavy atom. The molecule has 0 aliphatic heterocycles. The summed E-state index contributed by atoms with van der Waals surface area (Å²) in [6.07, 6.45) is 1.89. The predicted molar refractivity (Wildman–Crippen MR) is 118 cm³/mol. The van der Waals surface area contributed by atoms with Crippen molar-refractivity contribution >= 4 is 43.7 Å². The Morgan fingerprint density at radius 2 is 1.59 bits per heavy atom. The van der Waals surface area contributed by atoms with Crippen LogP contribution in [0, 0.1) is 6.92 Å². The lowest BCUT2D eigenvalue weighted by Crippen LogP contribution is -2.32. The third kappa shape index (κ3) is 2.24. The Balaban J connectivity index is 1.77. The van der Waals surface area contributed by atoms with Crippen LogP contribution in [0.1, 0.15) is 5.56 Å². The van der Waals surface area contributed by atoms with Gasteiger partial charge >= 0.3 is 0 Å². The van der Waals surface area contributed by atoms with E-state index in [1.807, 2.05) is 12.3 Å². The van der Waals surface area contributed by atoms with E-state index in [-0.39, 0.29) is 0 Å². The number of furan rings is 1. The highest BCUT2D eigenvalue weighted by Gasteiger charge is 2.23. The molecule has 0 radical (unpaired) electrons. The van der Waals surface area contributed by atoms with Crippen LogP contribution >= 0.6 is 0 Å². The third-order valence-corrected chi connectivity index (χ3v) is 5.94. The minimum Gasteiger partial charge on any atom is -0.437 e. The summed E-state index contributed by atoms with van der Waals surface area (Å²) in [4.78, 5) is 4.61. The van der Waals surface area contributed by atoms with Crippen LogP contribution in [0.2, 0.25) is 0 Å². The Morgan fingerprint density at radius 3 is 2.48 bits per heavy atom. The molecule has 138 valence electrons. The Bertz CT molecular complexity index is 1580. The Hall–Kier alpha value is -3.72. The fourth-order valence-corrected chi connectivity index (χ4v) is 4.48. The van der Waals surface area contributed by atoms with Crippen LogP contribution in [0.5, 0.6) is 0 Å². The molecule has 0 aliphatic rings. The first-order valence-electron chi connectivity index (χ1n) is 9.80. The van der Waals surface area contributed by atoms with E-state index in [1.165, 1.54) is 21.9 Å². The number of benzene rings is 3. The van der Waals surface area contributed by atoms with Crippen molar-refractivity contribution in [3.05, 3.63) is 84.6 Å². The predicted octanol–water partition coefficient (Wildman–Crippen LogP) is 6.09. The lowest BCUT2D eigenvalue weighted by atomic mass is 9.99. The first-order valence-corrected chi connectivity index (χ1v) is 9.80. The van der Waals surface area contributed by atoms with Crippen molar-refractivity contribution in [3.8, 4) is 11.3 Å². The van der Waals surface area contributed by atoms with E-state index in [4.69, 9.17) is 4.42 Å². The van der Waals surface area contributed by atoms with Crippen molar-refractivity contribution in [3.63, 3.8) is 0 Å². The second-order valence-electron chi connectivity index (χ2n) is 7.60. The maximum atomic E-state index is 6.37. The van der Waals surface area contributed by atoms with Gasteiger partial charge in [0.05, 0.1) is 10.9 Å². The molecule has 0 amide bonds. The minimum absolute atomic E-state index is 0.689. The van der Waals surface area contributed by atoms with Gasteiger partial charge in [0.1, 0.15) is 7.05 Å². The minimum atomic E-state index is 0.689. The van der Waals surface area contributed by atoms with Crippen LogP contribution in [0.25, 0.3) is 55.0 Å². The summed E-state index contributed by atoms with van der Waals surface area (Å²) in [5.41, 5.74) is 6.23. The molecular formula is C26H19N2O+. The molecule has 0 N–H and O–H groups in total. The normalized spacial score (nSPS) is 11.8. The lowest BCUT2D eigenvalue weighted by molar-refractivity contribution is -0.633. The van der Waals surface area contributed by atoms with Crippen molar-refractivity contribution in [1.82, 2.24) is 4.98 Å². The van der Waals surface area contributed by atoms with Gasteiger partial charge in [-0.3, -0.25) is 0 Å². The zero-order valence-corrected chi connectivity index (χ0v) is 16.3. The van der Waals surface area contributed by atoms with Crippen LogP contribution in [-0.2, 0) is 7.05 Å². The van der Waals surface area contributed by atoms with Crippen molar-refractivity contribution in [1.29, 1.82) is 0 Å². The van der Waals surface area contributed by atoms with Gasteiger partial charge in [-0.05, 0) is 30.0 Å². The molecule has 0 bridgehead atoms. The third-order valence-electron chi connectivity index (χ3n) is 5.94. The van der Waals surface area contributed by atoms with Gasteiger partial charge in [0.15, 0.2) is 5.58 Å². The summed E-state index contributed by atoms with van der Waals surface area (Å²) in [6.45, 7) is 2.14. The Labute approximate surface area is 167 Å². The average Bonchev–Trinajstić information content (AvgIpc) is 3.14. The number of aromatic nitrogens is 2. The molecule has 3 aromatic heterocycles. The molecule has 0 unspecified atom stereocenters. The van der Waals surface area contributed by atoms with Gasteiger partial charge in [0.25, 0.3) is 0 Å². The largest absolute Gasteiger partial charge is 0.437 e. The molecule has 0 aliphatic carbocycles. The van der Waals surface area contributed by atoms with Crippen molar-refractivity contribution in [2.75, 3.05) is 0 Å². The van der Waals surface area contributed by atoms with E-state index in [0.29, 0.717) is 5.71 Å². The van der Waals surface area contributed by atoms with Gasteiger partial charge in [0.2, 0.25) is 16.9 Å². The number of hydrogen-bond donors (Lipinski definition) is 0. The van der Waals surface area contributed by atoms with E-state index in [1.54, 1.807) is 0 Å². The van der Waals surface area contributed by atoms with Crippen molar-refractivity contribution in [2.24, 2.45) is 7.05 Å². The van der Waals surface area contributed by atoms with Crippen LogP contribution in [0.3, 0.4) is 0 Å². The summed E-state index contributed by atoms with van der Waals surface area (Å²) in [7, 11) is 2.12. The van der Waals surface area contributed by atoms with Gasteiger partial charge < -0.3 is 4.42 Å². The van der Waals surface area contributed by atoms with Crippen LogP contribution < -0.4 is 4.57 Å². The fourth-order valence-electron chi connectivity index (χ4n) is 4.48. The molecule has 6 aromatic rings. The van der Waals surface area contributed by atoms with Gasteiger partial charge in [-0.15, -0.1) is 0 Å². The maximum Gasteiger partial charge on any atom is 0.227 e. The van der Waals surface area contributed by atoms with Gasteiger partial charge in [-0.2, -0.15) is 4.57 Å². The SMILES string of the molecule is Cc1ccc2c(oc3ncc4ccccc4c32)c1-c1ccc2ccccc2[n+]1C. The van der Waals surface area contributed by atoms with Crippen molar-refractivity contribution < 1.29 is 8.98 Å². The van der Waals surface area contributed by atoms with E-state index in [9.17, 15) is 0 Å². The van der Waals surface area contributed by atoms with E-state index >= 15 is 0 Å². The molecule has 0 saturated carbocycles. The van der Waals surface area contributed by atoms with Crippen LogP contribution in [-0.4, -0.2) is 4.98 Å². The van der Waals surface area contributed by atoms with Gasteiger partial charge in [-0.25, -0.2) is 4.98 Å². The first kappa shape index (κ1) is 16.3. The van der Waals surface area contributed by atoms with E-state index in [2.05, 4.69) is 90.3 Å². The quantitative estimate of drug-likeness (QED) is 0.326. The second kappa shape index (κ2) is 5.89. The summed E-state index contributed by atoms with van der Waals surface area (Å²) in [5, 5.41) is 5.72. The summed E-state index contributed by atoms with van der Waals surface area (Å²) in [5.74, 6) is 0. The van der Waals surface area contributed by atoms with E-state index in [0.717, 1.165) is 33.0 Å². The zero-order valence-electron chi connectivity index (χ0n) is 16.3. The number of pyridine rings is 2. The standard InChI is InChI=1S/C26H19N2O/c1-16-11-13-20-24-19-9-5-3-8-18(19)15-27-26(24)29-25(20)23(16)22-14-12-17-7-4-6-10-21(17)28(22)2/h3-15H,1-2H3/q+1. The molecule has 0 saturated heterocycles. The highest BCUT2D eigenvalue weighted by Crippen LogP contribution is 2.39. The summed E-state index contributed by atoms with van der Waals surface area (Å²) >= 11 is 0. The number of aryl methyl sites for hydroxylation is 2. The molecule has 29 heavy (non-hydrogen) atoms. The summed E-state index contributed by atoms with van der Waals surface area (Å²) in [6, 6.07) is 25.5. The van der Waals surface area contributed by atoms with Crippen LogP contribution in [0.15, 0.2) is 83.4 Å². The lowest BCUT2D eigenvalue weighted by Gasteiger charge is -2.07. The Kier molecular flexibility index (Phi) is 3.30. The molecule has 6 rings (SSSR count). The average molecular weight is 375 g/mol. The number of hydrogen-bond acceptors (Lipinski definition) is 2. The second-order valence-corrected chi connectivity index (χ2v) is 7.60. The fraction of sp³-hybridized carbons (Fsp3) is 0.0769. The first-order chi connectivity index (χ1) is 14.2. The molecule has 0 spiro atoms. The molecule has 3 heterocycles. The van der Waals surface area contributed by atoms with Gasteiger partial charge in [0, 0.05) is 34.5 Å². The highest BCUT2D eigenvalue weighted by atomic mass is 16.3. The molecule has 0 atom stereocenters. The highest BCUT2D eigenvalue weighted by molar-refractivity contribution is 6.19. The number of para-hydroxylation sites is 1. The smallest absolute Gasteiger partial charge is 0.227 e. The number of fused-ring (bicyclic) bond motifs is 6. The monoisotopic (exact) mass is 375 g/mol. The number of nitrogens with zero attached hydrogens (tertiary/aromatic N) is 2. The van der Waals surface area contributed by atoms with Gasteiger partial charge in [-0.1, -0.05) is 48.5 Å². The van der Waals surface area contributed by atoms with Crippen molar-refractivity contribution in [2.45, 2.75) is 6.92 Å². The topological polar surface area (TPSA) is 29.9 Å². The van der Waals surface area contributed by atoms with Crippen LogP contribution in [0.4, 0.5) is 0 Å². The molecule has 0 fully saturated rings. The molecular weight excluding hydrogens is 356 g/mol. The zero-order chi connectivity index (χ0) is 19.5.